The van der Waals surface area contributed by atoms with Crippen LogP contribution in [0.2, 0.25) is 0 Å². The summed E-state index contributed by atoms with van der Waals surface area (Å²) in [4.78, 5) is 58.5. The van der Waals surface area contributed by atoms with E-state index < -0.39 is 55.0 Å². The molecule has 50 heavy (non-hydrogen) atoms. The van der Waals surface area contributed by atoms with Crippen LogP contribution in [0.5, 0.6) is 5.75 Å². The van der Waals surface area contributed by atoms with Crippen molar-refractivity contribution in [1.82, 2.24) is 30.3 Å². The standard InChI is InChI=1S/C35H43F2N7O6/c1-34(2,3)50-33(48)41-22-30(45)43-16-14-42(15-17-43)13-4-18-49-28-9-6-25(7-10-28)5-8-26-21-39-12-11-29(26)32(47)40-23-31(46)44-24-35(36,37)19-27(44)20-38/h5-12,21,27H,4,13-19,22-24H2,1-3H3,(H,40,47)(H,41,48)/b8-5+/t27-/m0/s1. The maximum Gasteiger partial charge on any atom is 0.408 e. The van der Waals surface area contributed by atoms with E-state index in [9.17, 15) is 28.0 Å². The molecule has 2 N–H and O–H groups in total. The fraction of sp³-hybridized carbons (Fsp3) is 0.486. The Bertz CT molecular complexity index is 1580. The Hall–Kier alpha value is -5.10. The molecule has 15 heteroatoms. The maximum absolute atomic E-state index is 13.7. The number of hydrogen-bond acceptors (Lipinski definition) is 9. The van der Waals surface area contributed by atoms with E-state index in [0.717, 1.165) is 36.5 Å². The Morgan fingerprint density at radius 3 is 2.40 bits per heavy atom. The first-order valence-corrected chi connectivity index (χ1v) is 16.4. The van der Waals surface area contributed by atoms with Gasteiger partial charge in [0.05, 0.1) is 25.8 Å². The Morgan fingerprint density at radius 1 is 1.02 bits per heavy atom. The van der Waals surface area contributed by atoms with Crippen molar-refractivity contribution in [3.05, 3.63) is 59.4 Å². The lowest BCUT2D eigenvalue weighted by Crippen LogP contribution is -2.51. The van der Waals surface area contributed by atoms with E-state index in [2.05, 4.69) is 20.5 Å². The minimum Gasteiger partial charge on any atom is -0.494 e. The molecule has 0 spiro atoms. The molecule has 0 bridgehead atoms. The van der Waals surface area contributed by atoms with Gasteiger partial charge in [0.25, 0.3) is 11.8 Å². The molecule has 1 atom stereocenters. The zero-order valence-electron chi connectivity index (χ0n) is 28.5. The number of carbonyl (C=O) groups excluding carboxylic acids is 4. The first-order valence-electron chi connectivity index (χ1n) is 16.4. The van der Waals surface area contributed by atoms with Gasteiger partial charge >= 0.3 is 6.09 Å². The van der Waals surface area contributed by atoms with Crippen LogP contribution in [-0.2, 0) is 14.3 Å². The topological polar surface area (TPSA) is 157 Å². The summed E-state index contributed by atoms with van der Waals surface area (Å²) in [6.45, 7) is 7.80. The van der Waals surface area contributed by atoms with E-state index in [4.69, 9.17) is 14.7 Å². The van der Waals surface area contributed by atoms with Crippen molar-refractivity contribution in [1.29, 1.82) is 5.26 Å². The Balaban J connectivity index is 1.16. The van der Waals surface area contributed by atoms with Gasteiger partial charge in [-0.05, 0) is 51.0 Å². The number of alkyl halides is 2. The van der Waals surface area contributed by atoms with Gasteiger partial charge in [0.1, 0.15) is 23.9 Å². The lowest BCUT2D eigenvalue weighted by molar-refractivity contribution is -0.132. The van der Waals surface area contributed by atoms with Gasteiger partial charge < -0.3 is 29.9 Å². The fourth-order valence-electron chi connectivity index (χ4n) is 5.43. The molecule has 0 saturated carbocycles. The lowest BCUT2D eigenvalue weighted by Gasteiger charge is -2.34. The summed E-state index contributed by atoms with van der Waals surface area (Å²) in [5, 5.41) is 14.1. The SMILES string of the molecule is CC(C)(C)OC(=O)NCC(=O)N1CCN(CCCOc2ccc(/C=C/c3cnccc3C(=O)NCC(=O)N3CC(F)(F)C[C@H]3C#N)cc2)CC1. The number of aromatic nitrogens is 1. The number of nitriles is 1. The average Bonchev–Trinajstić information content (AvgIpc) is 3.41. The zero-order valence-corrected chi connectivity index (χ0v) is 28.5. The summed E-state index contributed by atoms with van der Waals surface area (Å²) < 4.78 is 38.5. The van der Waals surface area contributed by atoms with E-state index in [1.165, 1.54) is 18.5 Å². The molecule has 4 amide bonds. The van der Waals surface area contributed by atoms with Crippen LogP contribution in [0.1, 0.15) is 55.1 Å². The highest BCUT2D eigenvalue weighted by atomic mass is 19.3. The van der Waals surface area contributed by atoms with Crippen molar-refractivity contribution >= 4 is 36.0 Å². The number of nitrogens with zero attached hydrogens (tertiary/aromatic N) is 5. The number of nitrogens with one attached hydrogen (secondary N) is 2. The highest BCUT2D eigenvalue weighted by Crippen LogP contribution is 2.31. The number of halogens is 2. The number of rotatable bonds is 12. The normalized spacial score (nSPS) is 17.6. The smallest absolute Gasteiger partial charge is 0.408 e. The summed E-state index contributed by atoms with van der Waals surface area (Å²) >= 11 is 0. The number of ether oxygens (including phenoxy) is 2. The third-order valence-electron chi connectivity index (χ3n) is 7.97. The molecule has 1 aromatic carbocycles. The van der Waals surface area contributed by atoms with E-state index in [1.807, 2.05) is 24.3 Å². The molecule has 0 radical (unpaired) electrons. The van der Waals surface area contributed by atoms with Gasteiger partial charge in [0.2, 0.25) is 11.8 Å². The van der Waals surface area contributed by atoms with E-state index >= 15 is 0 Å². The molecule has 0 aliphatic carbocycles. The fourth-order valence-corrected chi connectivity index (χ4v) is 5.43. The number of amides is 4. The molecule has 2 saturated heterocycles. The van der Waals surface area contributed by atoms with Crippen LogP contribution in [0.3, 0.4) is 0 Å². The van der Waals surface area contributed by atoms with Crippen LogP contribution in [0.15, 0.2) is 42.7 Å². The van der Waals surface area contributed by atoms with Crippen molar-refractivity contribution in [2.75, 3.05) is 59.0 Å². The zero-order chi connectivity index (χ0) is 36.3. The molecule has 3 heterocycles. The molecule has 2 aliphatic rings. The summed E-state index contributed by atoms with van der Waals surface area (Å²) in [7, 11) is 0. The Kier molecular flexibility index (Phi) is 12.8. The summed E-state index contributed by atoms with van der Waals surface area (Å²) in [5.74, 6) is -3.91. The number of likely N-dealkylation sites (tertiary alicyclic amines) is 1. The average molecular weight is 696 g/mol. The van der Waals surface area contributed by atoms with Crippen molar-refractivity contribution < 1.29 is 37.4 Å². The minimum atomic E-state index is -3.14. The van der Waals surface area contributed by atoms with E-state index in [1.54, 1.807) is 43.9 Å². The number of benzene rings is 1. The second kappa shape index (κ2) is 17.0. The predicted octanol–water partition coefficient (Wildman–Crippen LogP) is 3.18. The molecular formula is C35H43F2N7O6. The summed E-state index contributed by atoms with van der Waals surface area (Å²) in [6.07, 6.45) is 5.90. The molecule has 0 unspecified atom stereocenters. The monoisotopic (exact) mass is 695 g/mol. The van der Waals surface area contributed by atoms with E-state index in [-0.39, 0.29) is 18.0 Å². The van der Waals surface area contributed by atoms with Gasteiger partial charge in [0, 0.05) is 62.7 Å². The number of alkyl carbamates (subject to hydrolysis) is 1. The molecular weight excluding hydrogens is 652 g/mol. The quantitative estimate of drug-likeness (QED) is 0.319. The first-order chi connectivity index (χ1) is 23.7. The molecule has 2 fully saturated rings. The van der Waals surface area contributed by atoms with Crippen molar-refractivity contribution in [3.63, 3.8) is 0 Å². The van der Waals surface area contributed by atoms with Crippen LogP contribution in [0.25, 0.3) is 12.2 Å². The summed E-state index contributed by atoms with van der Waals surface area (Å²) in [5.41, 5.74) is 0.953. The van der Waals surface area contributed by atoms with Crippen LogP contribution in [-0.4, -0.2) is 120 Å². The molecule has 2 aromatic rings. The van der Waals surface area contributed by atoms with Gasteiger partial charge in [0.15, 0.2) is 0 Å². The van der Waals surface area contributed by atoms with Crippen molar-refractivity contribution in [2.24, 2.45) is 0 Å². The predicted molar refractivity (Wildman–Crippen MR) is 180 cm³/mol. The minimum absolute atomic E-state index is 0.0950. The molecule has 268 valence electrons. The number of hydrogen-bond donors (Lipinski definition) is 2. The van der Waals surface area contributed by atoms with Crippen LogP contribution < -0.4 is 15.4 Å². The highest BCUT2D eigenvalue weighted by Gasteiger charge is 2.47. The third-order valence-corrected chi connectivity index (χ3v) is 7.97. The van der Waals surface area contributed by atoms with Crippen LogP contribution >= 0.6 is 0 Å². The van der Waals surface area contributed by atoms with Gasteiger partial charge in [-0.15, -0.1) is 0 Å². The number of piperazine rings is 1. The maximum atomic E-state index is 13.7. The van der Waals surface area contributed by atoms with Crippen molar-refractivity contribution in [3.8, 4) is 11.8 Å². The highest BCUT2D eigenvalue weighted by molar-refractivity contribution is 6.00. The van der Waals surface area contributed by atoms with Crippen LogP contribution in [0.4, 0.5) is 13.6 Å². The van der Waals surface area contributed by atoms with Gasteiger partial charge in [-0.2, -0.15) is 5.26 Å². The summed E-state index contributed by atoms with van der Waals surface area (Å²) in [6, 6.07) is 9.39. The largest absolute Gasteiger partial charge is 0.494 e. The Morgan fingerprint density at radius 2 is 1.72 bits per heavy atom. The first kappa shape index (κ1) is 37.7. The molecule has 4 rings (SSSR count). The molecule has 1 aromatic heterocycles. The lowest BCUT2D eigenvalue weighted by atomic mass is 10.1. The molecule has 13 nitrogen and oxygen atoms in total. The van der Waals surface area contributed by atoms with Gasteiger partial charge in [-0.25, -0.2) is 13.6 Å². The molecule has 2 aliphatic heterocycles. The Labute approximate surface area is 290 Å². The second-order valence-electron chi connectivity index (χ2n) is 13.1. The number of carbonyl (C=O) groups is 4. The van der Waals surface area contributed by atoms with E-state index in [0.29, 0.717) is 31.0 Å². The van der Waals surface area contributed by atoms with Crippen LogP contribution in [0, 0.1) is 11.3 Å². The van der Waals surface area contributed by atoms with Gasteiger partial charge in [-0.1, -0.05) is 24.3 Å². The number of pyridine rings is 1. The second-order valence-corrected chi connectivity index (χ2v) is 13.1. The third kappa shape index (κ3) is 11.5. The van der Waals surface area contributed by atoms with Gasteiger partial charge in [-0.3, -0.25) is 24.3 Å². The van der Waals surface area contributed by atoms with Crippen molar-refractivity contribution in [2.45, 2.75) is 51.2 Å².